The van der Waals surface area contributed by atoms with E-state index in [1.165, 1.54) is 22.7 Å². The van der Waals surface area contributed by atoms with E-state index in [4.69, 9.17) is 19.4 Å². The monoisotopic (exact) mass is 848 g/mol. The number of pyridine rings is 2. The van der Waals surface area contributed by atoms with E-state index in [0.29, 0.717) is 23.3 Å². The lowest BCUT2D eigenvalue weighted by Gasteiger charge is -2.25. The molecule has 0 aliphatic carbocycles. The van der Waals surface area contributed by atoms with Crippen molar-refractivity contribution in [1.82, 2.24) is 14.5 Å². The van der Waals surface area contributed by atoms with Crippen LogP contribution in [0, 0.1) is 0 Å². The summed E-state index contributed by atoms with van der Waals surface area (Å²) in [5, 5.41) is 2.29. The molecule has 2 aliphatic heterocycles. The Morgan fingerprint density at radius 3 is 1.33 bits per heavy atom. The van der Waals surface area contributed by atoms with Crippen LogP contribution in [0.4, 0.5) is 39.8 Å². The summed E-state index contributed by atoms with van der Waals surface area (Å²) in [6.45, 7) is 14.7. The highest BCUT2D eigenvalue weighted by Crippen LogP contribution is 2.48. The van der Waals surface area contributed by atoms with Crippen molar-refractivity contribution in [2.24, 2.45) is 0 Å². The van der Waals surface area contributed by atoms with Crippen LogP contribution in [0.3, 0.4) is 0 Å². The molecule has 64 heavy (non-hydrogen) atoms. The summed E-state index contributed by atoms with van der Waals surface area (Å²) in [5.74, 6) is 2.23. The molecule has 0 atom stereocenters. The molecule has 10 heteroatoms. The van der Waals surface area contributed by atoms with E-state index in [2.05, 4.69) is 189 Å². The van der Waals surface area contributed by atoms with Crippen LogP contribution in [0.1, 0.15) is 52.7 Å². The summed E-state index contributed by atoms with van der Waals surface area (Å²) in [6.07, 6.45) is 3.65. The van der Waals surface area contributed by atoms with Gasteiger partial charge < -0.3 is 38.5 Å². The third-order valence-electron chi connectivity index (χ3n) is 12.6. The van der Waals surface area contributed by atoms with Crippen molar-refractivity contribution in [3.05, 3.63) is 145 Å². The van der Waals surface area contributed by atoms with Gasteiger partial charge in [0.25, 0.3) is 0 Å². The van der Waals surface area contributed by atoms with Gasteiger partial charge in [0.1, 0.15) is 5.69 Å². The van der Waals surface area contributed by atoms with Crippen LogP contribution in [-0.4, -0.2) is 56.1 Å². The maximum absolute atomic E-state index is 6.94. The number of para-hydroxylation sites is 4. The van der Waals surface area contributed by atoms with E-state index in [-0.39, 0.29) is 10.8 Å². The fourth-order valence-corrected chi connectivity index (χ4v) is 9.19. The fraction of sp³-hybridized carbons (Fsp3) is 0.259. The molecular formula is C54H56N8O2. The van der Waals surface area contributed by atoms with E-state index >= 15 is 0 Å². The van der Waals surface area contributed by atoms with Gasteiger partial charge in [-0.2, -0.15) is 0 Å². The highest BCUT2D eigenvalue weighted by Gasteiger charge is 2.29. The van der Waals surface area contributed by atoms with E-state index in [1.807, 2.05) is 43.5 Å². The molecule has 0 saturated heterocycles. The summed E-state index contributed by atoms with van der Waals surface area (Å²) in [6, 6.07) is 43.4. The molecule has 324 valence electrons. The predicted octanol–water partition coefficient (Wildman–Crippen LogP) is 12.9. The second kappa shape index (κ2) is 15.3. The SMILES string of the molecule is CN(C)c1c(Oc2cc(C(C)(C)C)ccn2)cc(-n2c3cc(N4CN(C)c5ccccc54)ccc3c3ccc(N4CN(C)c5ccccc54)cc32)cc1Oc1cc(C(C)(C)C)ccn1. The number of aromatic nitrogens is 3. The molecule has 3 aromatic heterocycles. The van der Waals surface area contributed by atoms with Crippen molar-refractivity contribution < 1.29 is 9.47 Å². The Morgan fingerprint density at radius 2 is 0.922 bits per heavy atom. The van der Waals surface area contributed by atoms with Crippen LogP contribution in [0.5, 0.6) is 23.3 Å². The smallest absolute Gasteiger partial charge is 0.219 e. The third-order valence-corrected chi connectivity index (χ3v) is 12.6. The molecular weight excluding hydrogens is 793 g/mol. The minimum atomic E-state index is -0.0982. The van der Waals surface area contributed by atoms with Crippen molar-refractivity contribution in [1.29, 1.82) is 0 Å². The van der Waals surface area contributed by atoms with Gasteiger partial charge >= 0.3 is 0 Å². The molecule has 5 aromatic carbocycles. The summed E-state index contributed by atoms with van der Waals surface area (Å²) < 4.78 is 16.3. The molecule has 0 unspecified atom stereocenters. The molecule has 0 spiro atoms. The van der Waals surface area contributed by atoms with E-state index in [9.17, 15) is 0 Å². The van der Waals surface area contributed by atoms with Crippen molar-refractivity contribution in [3.8, 4) is 28.9 Å². The highest BCUT2D eigenvalue weighted by atomic mass is 16.5. The second-order valence-corrected chi connectivity index (χ2v) is 19.4. The molecule has 0 radical (unpaired) electrons. The van der Waals surface area contributed by atoms with Gasteiger partial charge in [0.15, 0.2) is 11.5 Å². The Balaban J connectivity index is 1.23. The molecule has 5 heterocycles. The first kappa shape index (κ1) is 40.8. The van der Waals surface area contributed by atoms with Gasteiger partial charge in [-0.3, -0.25) is 0 Å². The number of ether oxygens (including phenoxy) is 2. The summed E-state index contributed by atoms with van der Waals surface area (Å²) in [5.41, 5.74) is 12.8. The molecule has 10 nitrogen and oxygen atoms in total. The normalized spacial score (nSPS) is 13.8. The topological polar surface area (TPSA) is 65.4 Å². The number of anilines is 7. The largest absolute Gasteiger partial charge is 0.437 e. The fourth-order valence-electron chi connectivity index (χ4n) is 9.19. The molecule has 0 fully saturated rings. The van der Waals surface area contributed by atoms with Crippen LogP contribution >= 0.6 is 0 Å². The lowest BCUT2D eigenvalue weighted by molar-refractivity contribution is 0.439. The quantitative estimate of drug-likeness (QED) is 0.149. The van der Waals surface area contributed by atoms with Gasteiger partial charge in [-0.25, -0.2) is 9.97 Å². The van der Waals surface area contributed by atoms with Crippen molar-refractivity contribution in [3.63, 3.8) is 0 Å². The van der Waals surface area contributed by atoms with Crippen LogP contribution in [0.25, 0.3) is 27.5 Å². The van der Waals surface area contributed by atoms with Gasteiger partial charge in [0.05, 0.1) is 52.8 Å². The van der Waals surface area contributed by atoms with Gasteiger partial charge in [-0.05, 0) is 82.6 Å². The Labute approximate surface area is 376 Å². The first-order valence-corrected chi connectivity index (χ1v) is 22.0. The summed E-state index contributed by atoms with van der Waals surface area (Å²) >= 11 is 0. The zero-order chi connectivity index (χ0) is 44.7. The maximum atomic E-state index is 6.94. The van der Waals surface area contributed by atoms with Crippen molar-refractivity contribution in [2.75, 3.05) is 66.0 Å². The minimum Gasteiger partial charge on any atom is -0.437 e. The molecule has 8 aromatic rings. The lowest BCUT2D eigenvalue weighted by atomic mass is 9.88. The Bertz CT molecular complexity index is 2890. The Morgan fingerprint density at radius 1 is 0.500 bits per heavy atom. The average Bonchev–Trinajstić information content (AvgIpc) is 3.91. The predicted molar refractivity (Wildman–Crippen MR) is 265 cm³/mol. The number of fused-ring (bicyclic) bond motifs is 5. The van der Waals surface area contributed by atoms with Gasteiger partial charge in [-0.15, -0.1) is 0 Å². The molecule has 0 amide bonds. The zero-order valence-electron chi connectivity index (χ0n) is 38.5. The summed E-state index contributed by atoms with van der Waals surface area (Å²) in [7, 11) is 8.33. The molecule has 0 bridgehead atoms. The van der Waals surface area contributed by atoms with Crippen molar-refractivity contribution in [2.45, 2.75) is 52.4 Å². The number of benzene rings is 5. The molecule has 10 rings (SSSR count). The molecule has 2 aliphatic rings. The van der Waals surface area contributed by atoms with Crippen LogP contribution < -0.4 is 34.0 Å². The van der Waals surface area contributed by atoms with E-state index in [0.717, 1.165) is 69.0 Å². The van der Waals surface area contributed by atoms with Gasteiger partial charge in [0, 0.05) is 87.0 Å². The number of hydrogen-bond donors (Lipinski definition) is 0. The Kier molecular flexibility index (Phi) is 9.74. The highest BCUT2D eigenvalue weighted by molar-refractivity contribution is 6.11. The van der Waals surface area contributed by atoms with Crippen LogP contribution in [0.15, 0.2) is 134 Å². The molecule has 0 saturated carbocycles. The third kappa shape index (κ3) is 7.16. The maximum Gasteiger partial charge on any atom is 0.219 e. The van der Waals surface area contributed by atoms with Crippen LogP contribution in [-0.2, 0) is 10.8 Å². The summed E-state index contributed by atoms with van der Waals surface area (Å²) in [4.78, 5) is 20.9. The standard InChI is InChI=1S/C54H56N8O2/c1-53(2,3)35-23-25-55-50(27-35)63-48-31-39(32-49(52(48)57(7)8)64-51-28-36(24-26-56-51)54(4,5)6)62-46-29-37(60-33-58(9)42-15-11-13-17-44(42)60)19-21-40(46)41-22-20-38(30-47(41)62)61-34-59(10)43-16-12-14-18-45(43)61/h11-32H,33-34H2,1-10H3. The lowest BCUT2D eigenvalue weighted by Crippen LogP contribution is -2.24. The number of nitrogens with zero attached hydrogens (tertiary/aromatic N) is 8. The zero-order valence-corrected chi connectivity index (χ0v) is 38.5. The first-order chi connectivity index (χ1) is 30.6. The van der Waals surface area contributed by atoms with Gasteiger partial charge in [-0.1, -0.05) is 77.9 Å². The number of hydrogen-bond acceptors (Lipinski definition) is 9. The van der Waals surface area contributed by atoms with Gasteiger partial charge in [0.2, 0.25) is 11.8 Å². The minimum absolute atomic E-state index is 0.0982. The second-order valence-electron chi connectivity index (χ2n) is 19.4. The average molecular weight is 849 g/mol. The van der Waals surface area contributed by atoms with Crippen LogP contribution in [0.2, 0.25) is 0 Å². The Hall–Kier alpha value is -7.20. The molecule has 0 N–H and O–H groups in total. The first-order valence-electron chi connectivity index (χ1n) is 22.0. The van der Waals surface area contributed by atoms with E-state index < -0.39 is 0 Å². The number of rotatable bonds is 8. The van der Waals surface area contributed by atoms with E-state index in [1.54, 1.807) is 0 Å². The van der Waals surface area contributed by atoms with Crippen molar-refractivity contribution >= 4 is 61.6 Å².